The van der Waals surface area contributed by atoms with Gasteiger partial charge in [-0.1, -0.05) is 18.2 Å². The van der Waals surface area contributed by atoms with Crippen molar-refractivity contribution in [1.82, 2.24) is 14.8 Å². The molecular weight excluding hydrogens is 334 g/mol. The maximum atomic E-state index is 12.1. The number of ether oxygens (including phenoxy) is 1. The Balaban J connectivity index is 1.52. The Kier molecular flexibility index (Phi) is 4.20. The van der Waals surface area contributed by atoms with Gasteiger partial charge < -0.3 is 19.7 Å². The number of aromatic nitrogens is 1. The fourth-order valence-corrected chi connectivity index (χ4v) is 4.52. The zero-order valence-corrected chi connectivity index (χ0v) is 14.8. The number of nitrogens with zero attached hydrogens (tertiary/aromatic N) is 2. The van der Waals surface area contributed by atoms with Crippen molar-refractivity contribution in [2.24, 2.45) is 11.3 Å². The number of hydrogen-bond donors (Lipinski definition) is 2. The van der Waals surface area contributed by atoms with E-state index in [4.69, 9.17) is 4.74 Å². The van der Waals surface area contributed by atoms with Crippen molar-refractivity contribution in [3.05, 3.63) is 36.0 Å². The molecule has 0 spiro atoms. The molecule has 2 atom stereocenters. The lowest BCUT2D eigenvalue weighted by molar-refractivity contribution is -0.149. The van der Waals surface area contributed by atoms with Gasteiger partial charge in [0.05, 0.1) is 0 Å². The number of aromatic amines is 1. The molecule has 2 aromatic rings. The van der Waals surface area contributed by atoms with Gasteiger partial charge in [0.2, 0.25) is 5.91 Å². The highest BCUT2D eigenvalue weighted by atomic mass is 16.5. The zero-order chi connectivity index (χ0) is 18.3. The predicted octanol–water partition coefficient (Wildman–Crippen LogP) is 1.16. The molecule has 1 amide bonds. The van der Waals surface area contributed by atoms with Crippen LogP contribution in [0.5, 0.6) is 0 Å². The number of hydrogen-bond acceptors (Lipinski definition) is 4. The van der Waals surface area contributed by atoms with Gasteiger partial charge >= 0.3 is 5.97 Å². The molecule has 0 unspecified atom stereocenters. The highest BCUT2D eigenvalue weighted by Gasteiger charge is 2.58. The van der Waals surface area contributed by atoms with Gasteiger partial charge in [-0.2, -0.15) is 0 Å². The van der Waals surface area contributed by atoms with E-state index in [1.165, 1.54) is 12.7 Å². The maximum absolute atomic E-state index is 12.1. The summed E-state index contributed by atoms with van der Waals surface area (Å²) >= 11 is 0. The van der Waals surface area contributed by atoms with E-state index in [1.807, 2.05) is 18.3 Å². The van der Waals surface area contributed by atoms with E-state index in [-0.39, 0.29) is 25.0 Å². The number of fused-ring (bicyclic) bond motifs is 2. The number of benzene rings is 1. The second kappa shape index (κ2) is 6.41. The molecule has 0 saturated carbocycles. The molecule has 2 aliphatic rings. The molecule has 1 aromatic heterocycles. The monoisotopic (exact) mass is 357 g/mol. The summed E-state index contributed by atoms with van der Waals surface area (Å²) in [4.78, 5) is 31.3. The molecule has 4 rings (SSSR count). The topological polar surface area (TPSA) is 85.9 Å². The van der Waals surface area contributed by atoms with Crippen LogP contribution in [0.25, 0.3) is 10.9 Å². The van der Waals surface area contributed by atoms with Crippen molar-refractivity contribution >= 4 is 22.8 Å². The van der Waals surface area contributed by atoms with Gasteiger partial charge in [0.25, 0.3) is 0 Å². The number of nitrogens with one attached hydrogen (secondary N) is 1. The molecule has 3 heterocycles. The molecule has 2 saturated heterocycles. The molecular formula is C19H23N3O4. The highest BCUT2D eigenvalue weighted by molar-refractivity contribution is 5.83. The van der Waals surface area contributed by atoms with Crippen LogP contribution in [0.4, 0.5) is 0 Å². The van der Waals surface area contributed by atoms with Gasteiger partial charge in [-0.3, -0.25) is 14.5 Å². The van der Waals surface area contributed by atoms with Gasteiger partial charge in [0, 0.05) is 57.5 Å². The lowest BCUT2D eigenvalue weighted by atomic mass is 9.81. The summed E-state index contributed by atoms with van der Waals surface area (Å²) in [5, 5.41) is 11.1. The van der Waals surface area contributed by atoms with E-state index >= 15 is 0 Å². The predicted molar refractivity (Wildman–Crippen MR) is 95.6 cm³/mol. The minimum Gasteiger partial charge on any atom is -0.481 e. The Hall–Kier alpha value is -2.38. The average molecular weight is 357 g/mol. The van der Waals surface area contributed by atoms with Crippen molar-refractivity contribution in [1.29, 1.82) is 0 Å². The molecule has 0 radical (unpaired) electrons. The lowest BCUT2D eigenvalue weighted by Gasteiger charge is -2.25. The van der Waals surface area contributed by atoms with Gasteiger partial charge in [-0.05, 0) is 17.0 Å². The fraction of sp³-hybridized carbons (Fsp3) is 0.474. The third-order valence-corrected chi connectivity index (χ3v) is 5.79. The van der Waals surface area contributed by atoms with Gasteiger partial charge in [-0.25, -0.2) is 0 Å². The van der Waals surface area contributed by atoms with Gasteiger partial charge in [0.15, 0.2) is 0 Å². The number of amides is 1. The fourth-order valence-electron chi connectivity index (χ4n) is 4.52. The first kappa shape index (κ1) is 17.1. The summed E-state index contributed by atoms with van der Waals surface area (Å²) in [5.41, 5.74) is 1.39. The quantitative estimate of drug-likeness (QED) is 0.839. The third kappa shape index (κ3) is 2.68. The normalized spacial score (nSPS) is 25.7. The Morgan fingerprint density at radius 2 is 2.15 bits per heavy atom. The molecule has 0 aliphatic carbocycles. The Morgan fingerprint density at radius 1 is 1.31 bits per heavy atom. The number of para-hydroxylation sites is 1. The zero-order valence-electron chi connectivity index (χ0n) is 14.8. The number of H-pyrrole nitrogens is 1. The molecule has 2 N–H and O–H groups in total. The van der Waals surface area contributed by atoms with Crippen LogP contribution in [-0.4, -0.2) is 71.7 Å². The first-order valence-corrected chi connectivity index (χ1v) is 8.81. The molecule has 0 bridgehead atoms. The summed E-state index contributed by atoms with van der Waals surface area (Å²) in [6.45, 7) is 2.59. The number of carboxylic acid groups (broad SMARTS) is 1. The smallest absolute Gasteiger partial charge is 0.313 e. The van der Waals surface area contributed by atoms with E-state index in [1.54, 1.807) is 4.90 Å². The van der Waals surface area contributed by atoms with E-state index in [0.717, 1.165) is 10.9 Å². The average Bonchev–Trinajstić information content (AvgIpc) is 3.27. The van der Waals surface area contributed by atoms with E-state index in [2.05, 4.69) is 22.0 Å². The first-order chi connectivity index (χ1) is 12.5. The molecule has 7 nitrogen and oxygen atoms in total. The van der Waals surface area contributed by atoms with Crippen LogP contribution < -0.4 is 0 Å². The number of carbonyl (C=O) groups is 2. The van der Waals surface area contributed by atoms with E-state index < -0.39 is 11.4 Å². The van der Waals surface area contributed by atoms with Crippen LogP contribution in [0.1, 0.15) is 5.56 Å². The summed E-state index contributed by atoms with van der Waals surface area (Å²) in [5.74, 6) is -0.996. The molecule has 26 heavy (non-hydrogen) atoms. The van der Waals surface area contributed by atoms with Crippen molar-refractivity contribution in [2.75, 3.05) is 39.9 Å². The van der Waals surface area contributed by atoms with Crippen LogP contribution >= 0.6 is 0 Å². The van der Waals surface area contributed by atoms with Crippen molar-refractivity contribution in [2.45, 2.75) is 6.54 Å². The summed E-state index contributed by atoms with van der Waals surface area (Å²) < 4.78 is 4.91. The Morgan fingerprint density at radius 3 is 2.88 bits per heavy atom. The van der Waals surface area contributed by atoms with Crippen molar-refractivity contribution in [3.63, 3.8) is 0 Å². The summed E-state index contributed by atoms with van der Waals surface area (Å²) in [6.07, 6.45) is 1.92. The summed E-state index contributed by atoms with van der Waals surface area (Å²) in [7, 11) is 1.48. The van der Waals surface area contributed by atoms with Crippen LogP contribution in [0, 0.1) is 11.3 Å². The van der Waals surface area contributed by atoms with Gasteiger partial charge in [-0.15, -0.1) is 0 Å². The molecule has 2 aliphatic heterocycles. The Bertz CT molecular complexity index is 848. The first-order valence-electron chi connectivity index (χ1n) is 8.81. The van der Waals surface area contributed by atoms with E-state index in [9.17, 15) is 14.7 Å². The lowest BCUT2D eigenvalue weighted by Crippen LogP contribution is -2.42. The molecule has 1 aromatic carbocycles. The number of methoxy groups -OCH3 is 1. The van der Waals surface area contributed by atoms with Gasteiger partial charge in [0.1, 0.15) is 12.0 Å². The largest absolute Gasteiger partial charge is 0.481 e. The van der Waals surface area contributed by atoms with Crippen LogP contribution in [0.3, 0.4) is 0 Å². The highest BCUT2D eigenvalue weighted by Crippen LogP contribution is 2.43. The van der Waals surface area contributed by atoms with E-state index in [0.29, 0.717) is 26.2 Å². The molecule has 7 heteroatoms. The van der Waals surface area contributed by atoms with Crippen LogP contribution in [0.2, 0.25) is 0 Å². The number of carboxylic acids is 1. The minimum absolute atomic E-state index is 0.000947. The molecule has 138 valence electrons. The SMILES string of the molecule is COCC(=O)N1C[C@H]2CN(Cc3cccc4cc[nH]c34)C[C@@]2(C(=O)O)C1. The van der Waals surface area contributed by atoms with Crippen molar-refractivity contribution < 1.29 is 19.4 Å². The summed E-state index contributed by atoms with van der Waals surface area (Å²) in [6, 6.07) is 8.21. The minimum atomic E-state index is -0.882. The number of carbonyl (C=O) groups excluding carboxylic acids is 1. The van der Waals surface area contributed by atoms with Crippen LogP contribution in [0.15, 0.2) is 30.5 Å². The molecule has 2 fully saturated rings. The van der Waals surface area contributed by atoms with Crippen LogP contribution in [-0.2, 0) is 20.9 Å². The maximum Gasteiger partial charge on any atom is 0.313 e. The number of likely N-dealkylation sites (tertiary alicyclic amines) is 2. The second-order valence-electron chi connectivity index (χ2n) is 7.39. The standard InChI is InChI=1S/C19H23N3O4/c1-26-10-16(23)22-9-15-8-21(11-19(15,12-22)18(24)25)7-14-4-2-3-13-5-6-20-17(13)14/h2-6,15,20H,7-12H2,1H3,(H,24,25)/t15-,19-/m1/s1. The Labute approximate surface area is 151 Å². The number of rotatable bonds is 5. The second-order valence-corrected chi connectivity index (χ2v) is 7.39. The van der Waals surface area contributed by atoms with Crippen molar-refractivity contribution in [3.8, 4) is 0 Å². The third-order valence-electron chi connectivity index (χ3n) is 5.79. The number of aliphatic carboxylic acids is 1.